The van der Waals surface area contributed by atoms with Gasteiger partial charge >= 0.3 is 5.97 Å². The molecule has 2 aliphatic rings. The fourth-order valence-electron chi connectivity index (χ4n) is 2.43. The average molecular weight is 281 g/mol. The number of hydrogen-bond acceptors (Lipinski definition) is 6. The van der Waals surface area contributed by atoms with Gasteiger partial charge in [0.15, 0.2) is 5.82 Å². The Morgan fingerprint density at radius 1 is 1.74 bits per heavy atom. The van der Waals surface area contributed by atoms with Gasteiger partial charge in [-0.1, -0.05) is 11.2 Å². The standard InChI is InChI=1S/C11H11N3O4S/c1-11(3-2-6-12-5-18-13-6)9(10(16)17)14-7(15)4-8(14)19-11/h2-3,5,8-9H,4H2,1H3,(H,16,17)/t8-,9+,11+/m1/s1. The molecule has 2 saturated heterocycles. The zero-order chi connectivity index (χ0) is 13.6. The smallest absolute Gasteiger partial charge is 0.328 e. The van der Waals surface area contributed by atoms with Crippen molar-refractivity contribution in [3.63, 3.8) is 0 Å². The van der Waals surface area contributed by atoms with Crippen molar-refractivity contribution in [2.24, 2.45) is 0 Å². The topological polar surface area (TPSA) is 96.5 Å². The van der Waals surface area contributed by atoms with Gasteiger partial charge in [-0.15, -0.1) is 11.8 Å². The number of carboxylic acid groups (broad SMARTS) is 1. The molecule has 8 heteroatoms. The first-order chi connectivity index (χ1) is 9.01. The maximum Gasteiger partial charge on any atom is 0.328 e. The van der Waals surface area contributed by atoms with Gasteiger partial charge in [0.05, 0.1) is 16.5 Å². The van der Waals surface area contributed by atoms with Crippen molar-refractivity contribution in [3.8, 4) is 0 Å². The molecule has 1 aromatic heterocycles. The number of carbonyl (C=O) groups excluding carboxylic acids is 1. The van der Waals surface area contributed by atoms with Gasteiger partial charge in [0.25, 0.3) is 0 Å². The number of nitrogens with zero attached hydrogens (tertiary/aromatic N) is 3. The molecule has 0 saturated carbocycles. The van der Waals surface area contributed by atoms with Crippen molar-refractivity contribution in [3.05, 3.63) is 18.3 Å². The summed E-state index contributed by atoms with van der Waals surface area (Å²) in [5.41, 5.74) is 0. The van der Waals surface area contributed by atoms with Crippen molar-refractivity contribution in [2.75, 3.05) is 0 Å². The minimum absolute atomic E-state index is 0.0477. The Balaban J connectivity index is 1.89. The van der Waals surface area contributed by atoms with E-state index in [0.29, 0.717) is 12.2 Å². The maximum absolute atomic E-state index is 11.5. The molecule has 19 heavy (non-hydrogen) atoms. The van der Waals surface area contributed by atoms with Gasteiger partial charge in [-0.2, -0.15) is 4.98 Å². The number of rotatable bonds is 3. The zero-order valence-electron chi connectivity index (χ0n) is 10.0. The molecular formula is C11H11N3O4S. The fourth-order valence-corrected chi connectivity index (χ4v) is 4.09. The number of fused-ring (bicyclic) bond motifs is 1. The molecule has 0 unspecified atom stereocenters. The highest BCUT2D eigenvalue weighted by Crippen LogP contribution is 2.51. The SMILES string of the molecule is C[C@@]1(C=Cc2ncon2)S[C@@H]2CC(=O)N2[C@H]1C(=O)O. The minimum Gasteiger partial charge on any atom is -0.480 e. The Morgan fingerprint density at radius 3 is 3.11 bits per heavy atom. The van der Waals surface area contributed by atoms with Crippen LogP contribution in [0, 0.1) is 0 Å². The lowest BCUT2D eigenvalue weighted by atomic mass is 9.96. The quantitative estimate of drug-likeness (QED) is 0.810. The number of aliphatic carboxylic acids is 1. The molecule has 1 amide bonds. The van der Waals surface area contributed by atoms with E-state index in [2.05, 4.69) is 14.7 Å². The number of β-lactam (4-membered cyclic amide) rings is 1. The molecule has 0 spiro atoms. The molecule has 0 aliphatic carbocycles. The average Bonchev–Trinajstić information content (AvgIpc) is 2.92. The Hall–Kier alpha value is -1.83. The van der Waals surface area contributed by atoms with E-state index in [9.17, 15) is 14.7 Å². The predicted octanol–water partition coefficient (Wildman–Crippen LogP) is 0.600. The van der Waals surface area contributed by atoms with Crippen molar-refractivity contribution in [1.82, 2.24) is 15.0 Å². The number of carbonyl (C=O) groups is 2. The minimum atomic E-state index is -0.997. The van der Waals surface area contributed by atoms with Crippen LogP contribution in [0.1, 0.15) is 19.2 Å². The lowest BCUT2D eigenvalue weighted by Crippen LogP contribution is -2.57. The summed E-state index contributed by atoms with van der Waals surface area (Å²) in [6.07, 6.45) is 4.95. The first kappa shape index (κ1) is 12.2. The van der Waals surface area contributed by atoms with Gasteiger partial charge in [-0.05, 0) is 13.0 Å². The van der Waals surface area contributed by atoms with Crippen molar-refractivity contribution in [2.45, 2.75) is 29.5 Å². The molecule has 3 atom stereocenters. The van der Waals surface area contributed by atoms with E-state index in [1.54, 1.807) is 19.1 Å². The van der Waals surface area contributed by atoms with Crippen LogP contribution in [0.4, 0.5) is 0 Å². The van der Waals surface area contributed by atoms with E-state index >= 15 is 0 Å². The summed E-state index contributed by atoms with van der Waals surface area (Å²) >= 11 is 1.48. The van der Waals surface area contributed by atoms with E-state index in [1.165, 1.54) is 23.1 Å². The third-order valence-electron chi connectivity index (χ3n) is 3.33. The third kappa shape index (κ3) is 1.83. The Morgan fingerprint density at radius 2 is 2.53 bits per heavy atom. The summed E-state index contributed by atoms with van der Waals surface area (Å²) in [6.45, 7) is 1.80. The van der Waals surface area contributed by atoms with Crippen molar-refractivity contribution >= 4 is 29.7 Å². The number of hydrogen-bond donors (Lipinski definition) is 1. The second kappa shape index (κ2) is 4.09. The van der Waals surface area contributed by atoms with Crippen LogP contribution in [0.15, 0.2) is 17.0 Å². The molecular weight excluding hydrogens is 270 g/mol. The van der Waals surface area contributed by atoms with Crippen molar-refractivity contribution < 1.29 is 19.2 Å². The molecule has 3 heterocycles. The lowest BCUT2D eigenvalue weighted by molar-refractivity contribution is -0.156. The van der Waals surface area contributed by atoms with Gasteiger partial charge in [0.2, 0.25) is 12.3 Å². The maximum atomic E-state index is 11.5. The van der Waals surface area contributed by atoms with Crippen LogP contribution in [0.3, 0.4) is 0 Å². The molecule has 0 aromatic carbocycles. The number of carboxylic acids is 1. The molecule has 1 aromatic rings. The van der Waals surface area contributed by atoms with E-state index in [0.717, 1.165) is 0 Å². The highest BCUT2D eigenvalue weighted by molar-refractivity contribution is 8.01. The highest BCUT2D eigenvalue weighted by atomic mass is 32.2. The molecule has 2 aliphatic heterocycles. The van der Waals surface area contributed by atoms with Gasteiger partial charge < -0.3 is 14.5 Å². The summed E-state index contributed by atoms with van der Waals surface area (Å²) in [4.78, 5) is 28.2. The van der Waals surface area contributed by atoms with E-state index < -0.39 is 16.8 Å². The van der Waals surface area contributed by atoms with Crippen LogP contribution in [0.25, 0.3) is 6.08 Å². The number of amides is 1. The Labute approximate surface area is 112 Å². The van der Waals surface area contributed by atoms with Crippen LogP contribution in [-0.4, -0.2) is 48.2 Å². The Bertz CT molecular complexity index is 558. The molecule has 0 radical (unpaired) electrons. The van der Waals surface area contributed by atoms with E-state index in [-0.39, 0.29) is 11.3 Å². The first-order valence-corrected chi connectivity index (χ1v) is 6.56. The zero-order valence-corrected chi connectivity index (χ0v) is 10.8. The fraction of sp³-hybridized carbons (Fsp3) is 0.455. The van der Waals surface area contributed by atoms with Crippen LogP contribution < -0.4 is 0 Å². The van der Waals surface area contributed by atoms with Gasteiger partial charge in [-0.25, -0.2) is 4.79 Å². The molecule has 1 N–H and O–H groups in total. The van der Waals surface area contributed by atoms with Crippen LogP contribution in [-0.2, 0) is 9.59 Å². The van der Waals surface area contributed by atoms with E-state index in [1.807, 2.05) is 0 Å². The third-order valence-corrected chi connectivity index (χ3v) is 4.87. The summed E-state index contributed by atoms with van der Waals surface area (Å²) in [5.74, 6) is -0.726. The summed E-state index contributed by atoms with van der Waals surface area (Å²) in [7, 11) is 0. The second-order valence-electron chi connectivity index (χ2n) is 4.62. The largest absolute Gasteiger partial charge is 0.480 e. The first-order valence-electron chi connectivity index (χ1n) is 5.69. The van der Waals surface area contributed by atoms with Gasteiger partial charge in [-0.3, -0.25) is 4.79 Å². The molecule has 3 rings (SSSR count). The summed E-state index contributed by atoms with van der Waals surface area (Å²) in [6, 6.07) is -0.855. The van der Waals surface area contributed by atoms with Gasteiger partial charge in [0.1, 0.15) is 6.04 Å². The molecule has 0 bridgehead atoms. The van der Waals surface area contributed by atoms with Crippen molar-refractivity contribution in [1.29, 1.82) is 0 Å². The number of thioether (sulfide) groups is 1. The molecule has 7 nitrogen and oxygen atoms in total. The van der Waals surface area contributed by atoms with Crippen LogP contribution in [0.5, 0.6) is 0 Å². The lowest BCUT2D eigenvalue weighted by Gasteiger charge is -2.36. The Kier molecular flexibility index (Phi) is 2.63. The normalized spacial score (nSPS) is 33.5. The number of aromatic nitrogens is 2. The van der Waals surface area contributed by atoms with Crippen LogP contribution >= 0.6 is 11.8 Å². The highest BCUT2D eigenvalue weighted by Gasteiger charge is 2.59. The second-order valence-corrected chi connectivity index (χ2v) is 6.28. The summed E-state index contributed by atoms with van der Waals surface area (Å²) < 4.78 is 3.92. The van der Waals surface area contributed by atoms with Gasteiger partial charge in [0, 0.05) is 0 Å². The summed E-state index contributed by atoms with van der Waals surface area (Å²) in [5, 5.41) is 12.9. The monoisotopic (exact) mass is 281 g/mol. The molecule has 100 valence electrons. The predicted molar refractivity (Wildman–Crippen MR) is 66.0 cm³/mol. The van der Waals surface area contributed by atoms with Crippen LogP contribution in [0.2, 0.25) is 0 Å². The molecule has 2 fully saturated rings. The van der Waals surface area contributed by atoms with E-state index in [4.69, 9.17) is 0 Å².